The maximum absolute atomic E-state index is 13.6. The minimum absolute atomic E-state index is 0.0337. The SMILES string of the molecule is CC[C@H]1c2ccsc2CCN1C(=O)CCNC(=O)c1ccc(F)cc1F. The van der Waals surface area contributed by atoms with E-state index < -0.39 is 17.5 Å². The summed E-state index contributed by atoms with van der Waals surface area (Å²) in [5.41, 5.74) is 0.987. The highest BCUT2D eigenvalue weighted by Gasteiger charge is 2.29. The molecule has 0 fully saturated rings. The fourth-order valence-corrected chi connectivity index (χ4v) is 4.26. The van der Waals surface area contributed by atoms with Gasteiger partial charge in [0.1, 0.15) is 11.6 Å². The van der Waals surface area contributed by atoms with Gasteiger partial charge in [-0.3, -0.25) is 9.59 Å². The second-order valence-corrected chi connectivity index (χ2v) is 7.19. The van der Waals surface area contributed by atoms with Crippen molar-refractivity contribution in [1.29, 1.82) is 0 Å². The lowest BCUT2D eigenvalue weighted by Gasteiger charge is -2.35. The van der Waals surface area contributed by atoms with Crippen LogP contribution in [0.5, 0.6) is 0 Å². The van der Waals surface area contributed by atoms with Crippen molar-refractivity contribution in [3.8, 4) is 0 Å². The Bertz CT molecular complexity index is 822. The van der Waals surface area contributed by atoms with E-state index in [1.165, 1.54) is 10.4 Å². The summed E-state index contributed by atoms with van der Waals surface area (Å²) in [4.78, 5) is 27.8. The summed E-state index contributed by atoms with van der Waals surface area (Å²) in [6.45, 7) is 2.83. The molecule has 1 N–H and O–H groups in total. The standard InChI is InChI=1S/C19H20F2N2O2S/c1-2-16-14-7-10-26-17(14)6-9-23(16)18(24)5-8-22-19(25)13-4-3-12(20)11-15(13)21/h3-4,7,10-11,16H,2,5-6,8-9H2,1H3,(H,22,25)/t16-/m0/s1. The molecule has 0 radical (unpaired) electrons. The summed E-state index contributed by atoms with van der Waals surface area (Å²) >= 11 is 1.72. The normalized spacial score (nSPS) is 16.3. The van der Waals surface area contributed by atoms with Crippen LogP contribution in [0.2, 0.25) is 0 Å². The first-order valence-electron chi connectivity index (χ1n) is 8.60. The first-order valence-corrected chi connectivity index (χ1v) is 9.48. The Morgan fingerprint density at radius 3 is 2.85 bits per heavy atom. The van der Waals surface area contributed by atoms with E-state index >= 15 is 0 Å². The monoisotopic (exact) mass is 378 g/mol. The van der Waals surface area contributed by atoms with Gasteiger partial charge in [0.2, 0.25) is 5.91 Å². The van der Waals surface area contributed by atoms with Crippen LogP contribution in [-0.4, -0.2) is 29.8 Å². The average molecular weight is 378 g/mol. The van der Waals surface area contributed by atoms with E-state index in [0.717, 1.165) is 25.0 Å². The fraction of sp³-hybridized carbons (Fsp3) is 0.368. The highest BCUT2D eigenvalue weighted by Crippen LogP contribution is 2.35. The van der Waals surface area contributed by atoms with Crippen LogP contribution in [-0.2, 0) is 11.2 Å². The number of nitrogens with one attached hydrogen (secondary N) is 1. The molecule has 2 aromatic rings. The van der Waals surface area contributed by atoms with Gasteiger partial charge in [-0.2, -0.15) is 0 Å². The Labute approximate surface area is 154 Å². The molecule has 1 aromatic heterocycles. The zero-order chi connectivity index (χ0) is 18.7. The first-order chi connectivity index (χ1) is 12.5. The number of halogens is 2. The lowest BCUT2D eigenvalue weighted by atomic mass is 9.97. The maximum Gasteiger partial charge on any atom is 0.254 e. The Morgan fingerprint density at radius 1 is 1.31 bits per heavy atom. The van der Waals surface area contributed by atoms with Crippen molar-refractivity contribution in [3.05, 3.63) is 57.3 Å². The fourth-order valence-electron chi connectivity index (χ4n) is 3.33. The van der Waals surface area contributed by atoms with Gasteiger partial charge in [0.15, 0.2) is 0 Å². The lowest BCUT2D eigenvalue weighted by Crippen LogP contribution is -2.40. The van der Waals surface area contributed by atoms with Crippen LogP contribution in [0.25, 0.3) is 0 Å². The Balaban J connectivity index is 1.56. The zero-order valence-corrected chi connectivity index (χ0v) is 15.2. The van der Waals surface area contributed by atoms with Gasteiger partial charge in [0.05, 0.1) is 11.6 Å². The molecular weight excluding hydrogens is 358 g/mol. The summed E-state index contributed by atoms with van der Waals surface area (Å²) in [6.07, 6.45) is 1.83. The minimum atomic E-state index is -0.916. The smallest absolute Gasteiger partial charge is 0.254 e. The number of benzene rings is 1. The van der Waals surface area contributed by atoms with Gasteiger partial charge < -0.3 is 10.2 Å². The van der Waals surface area contributed by atoms with Gasteiger partial charge >= 0.3 is 0 Å². The third-order valence-electron chi connectivity index (χ3n) is 4.60. The molecule has 0 aliphatic carbocycles. The maximum atomic E-state index is 13.6. The molecule has 1 atom stereocenters. The Hall–Kier alpha value is -2.28. The number of amides is 2. The van der Waals surface area contributed by atoms with E-state index in [9.17, 15) is 18.4 Å². The predicted octanol–water partition coefficient (Wildman–Crippen LogP) is 3.68. The van der Waals surface area contributed by atoms with E-state index in [4.69, 9.17) is 0 Å². The second kappa shape index (κ2) is 7.95. The molecule has 138 valence electrons. The van der Waals surface area contributed by atoms with Crippen molar-refractivity contribution in [2.24, 2.45) is 0 Å². The molecule has 4 nitrogen and oxygen atoms in total. The molecule has 0 bridgehead atoms. The van der Waals surface area contributed by atoms with Gasteiger partial charge in [0, 0.05) is 30.5 Å². The predicted molar refractivity (Wildman–Crippen MR) is 96.1 cm³/mol. The van der Waals surface area contributed by atoms with E-state index in [2.05, 4.69) is 23.7 Å². The molecule has 0 saturated carbocycles. The molecule has 1 aliphatic heterocycles. The second-order valence-electron chi connectivity index (χ2n) is 6.19. The van der Waals surface area contributed by atoms with E-state index in [1.807, 2.05) is 4.90 Å². The van der Waals surface area contributed by atoms with Crippen molar-refractivity contribution in [3.63, 3.8) is 0 Å². The number of rotatable bonds is 5. The lowest BCUT2D eigenvalue weighted by molar-refractivity contribution is -0.134. The molecule has 26 heavy (non-hydrogen) atoms. The van der Waals surface area contributed by atoms with Gasteiger partial charge in [-0.1, -0.05) is 6.92 Å². The highest BCUT2D eigenvalue weighted by molar-refractivity contribution is 7.10. The molecule has 0 unspecified atom stereocenters. The van der Waals surface area contributed by atoms with Crippen LogP contribution in [0.15, 0.2) is 29.6 Å². The van der Waals surface area contributed by atoms with Crippen molar-refractivity contribution < 1.29 is 18.4 Å². The topological polar surface area (TPSA) is 49.4 Å². The molecular formula is C19H20F2N2O2S. The zero-order valence-electron chi connectivity index (χ0n) is 14.4. The quantitative estimate of drug-likeness (QED) is 0.863. The highest BCUT2D eigenvalue weighted by atomic mass is 32.1. The molecule has 3 rings (SSSR count). The van der Waals surface area contributed by atoms with Gasteiger partial charge in [-0.05, 0) is 42.0 Å². The molecule has 0 saturated heterocycles. The molecule has 2 heterocycles. The summed E-state index contributed by atoms with van der Waals surface area (Å²) in [7, 11) is 0. The number of hydrogen-bond donors (Lipinski definition) is 1. The number of hydrogen-bond acceptors (Lipinski definition) is 3. The van der Waals surface area contributed by atoms with E-state index in [0.29, 0.717) is 12.6 Å². The third kappa shape index (κ3) is 3.77. The molecule has 1 aromatic carbocycles. The number of carbonyl (C=O) groups excluding carboxylic acids is 2. The van der Waals surface area contributed by atoms with Crippen LogP contribution in [0.4, 0.5) is 8.78 Å². The Morgan fingerprint density at radius 2 is 2.12 bits per heavy atom. The molecule has 7 heteroatoms. The minimum Gasteiger partial charge on any atom is -0.351 e. The van der Waals surface area contributed by atoms with E-state index in [1.54, 1.807) is 11.3 Å². The average Bonchev–Trinajstić information content (AvgIpc) is 3.09. The van der Waals surface area contributed by atoms with Crippen molar-refractivity contribution in [2.45, 2.75) is 32.2 Å². The van der Waals surface area contributed by atoms with Crippen LogP contribution in [0, 0.1) is 11.6 Å². The number of carbonyl (C=O) groups is 2. The summed E-state index contributed by atoms with van der Waals surface area (Å²) in [5.74, 6) is -2.34. The summed E-state index contributed by atoms with van der Waals surface area (Å²) in [6, 6.07) is 4.94. The van der Waals surface area contributed by atoms with Crippen LogP contribution in [0.3, 0.4) is 0 Å². The van der Waals surface area contributed by atoms with Crippen LogP contribution >= 0.6 is 11.3 Å². The number of nitrogens with zero attached hydrogens (tertiary/aromatic N) is 1. The first kappa shape index (κ1) is 18.5. The van der Waals surface area contributed by atoms with Crippen LogP contribution < -0.4 is 5.32 Å². The summed E-state index contributed by atoms with van der Waals surface area (Å²) < 4.78 is 26.5. The van der Waals surface area contributed by atoms with Crippen molar-refractivity contribution in [2.75, 3.05) is 13.1 Å². The third-order valence-corrected chi connectivity index (χ3v) is 5.60. The summed E-state index contributed by atoms with van der Waals surface area (Å²) in [5, 5.41) is 4.58. The Kier molecular flexibility index (Phi) is 5.66. The van der Waals surface area contributed by atoms with E-state index in [-0.39, 0.29) is 30.5 Å². The van der Waals surface area contributed by atoms with Gasteiger partial charge in [-0.15, -0.1) is 11.3 Å². The molecule has 0 spiro atoms. The molecule has 1 aliphatic rings. The van der Waals surface area contributed by atoms with Gasteiger partial charge in [0.25, 0.3) is 5.91 Å². The van der Waals surface area contributed by atoms with Gasteiger partial charge in [-0.25, -0.2) is 8.78 Å². The van der Waals surface area contributed by atoms with Crippen molar-refractivity contribution >= 4 is 23.2 Å². The van der Waals surface area contributed by atoms with Crippen LogP contribution in [0.1, 0.15) is 46.6 Å². The van der Waals surface area contributed by atoms with Crippen molar-refractivity contribution in [1.82, 2.24) is 10.2 Å². The number of fused-ring (bicyclic) bond motifs is 1. The molecule has 2 amide bonds. The number of thiophene rings is 1. The largest absolute Gasteiger partial charge is 0.351 e.